The van der Waals surface area contributed by atoms with Crippen molar-refractivity contribution in [2.75, 3.05) is 24.6 Å². The zero-order chi connectivity index (χ0) is 21.0. The van der Waals surface area contributed by atoms with Gasteiger partial charge in [-0.3, -0.25) is 4.79 Å². The fourth-order valence-electron chi connectivity index (χ4n) is 4.28. The molecule has 1 saturated heterocycles. The number of benzene rings is 2. The molecule has 3 aromatic rings. The van der Waals surface area contributed by atoms with Crippen molar-refractivity contribution >= 4 is 11.7 Å². The summed E-state index contributed by atoms with van der Waals surface area (Å²) < 4.78 is 5.65. The van der Waals surface area contributed by atoms with E-state index in [2.05, 4.69) is 39.5 Å². The summed E-state index contributed by atoms with van der Waals surface area (Å²) in [4.78, 5) is 24.7. The van der Waals surface area contributed by atoms with E-state index in [1.54, 1.807) is 6.20 Å². The minimum atomic E-state index is -0.149. The van der Waals surface area contributed by atoms with Gasteiger partial charge < -0.3 is 15.0 Å². The fraction of sp³-hybridized carbons (Fsp3) is 0.320. The second-order valence-corrected chi connectivity index (χ2v) is 8.08. The molecule has 1 fully saturated rings. The topological polar surface area (TPSA) is 67.3 Å². The van der Waals surface area contributed by atoms with Gasteiger partial charge in [0.1, 0.15) is 11.4 Å². The van der Waals surface area contributed by atoms with E-state index in [0.717, 1.165) is 44.5 Å². The van der Waals surface area contributed by atoms with E-state index in [1.807, 2.05) is 30.3 Å². The van der Waals surface area contributed by atoms with Crippen molar-refractivity contribution in [2.45, 2.75) is 31.9 Å². The van der Waals surface area contributed by atoms with Gasteiger partial charge in [0.2, 0.25) is 0 Å². The van der Waals surface area contributed by atoms with Gasteiger partial charge in [0.05, 0.1) is 6.10 Å². The molecule has 6 nitrogen and oxygen atoms in total. The average molecular weight is 415 g/mol. The standard InChI is InChI=1S/C25H26N4O2/c30-25(27-15-21-11-6-14-31-21)22-16-26-23(19-8-2-1-3-9-19)28-24(22)29-13-12-18-7-4-5-10-20(18)17-29/h1-5,7-10,16,21H,6,11-15,17H2,(H,27,30). The van der Waals surface area contributed by atoms with Crippen LogP contribution in [0.1, 0.15) is 34.3 Å². The Morgan fingerprint density at radius 1 is 1.10 bits per heavy atom. The van der Waals surface area contributed by atoms with Gasteiger partial charge in [-0.25, -0.2) is 9.97 Å². The highest BCUT2D eigenvalue weighted by Gasteiger charge is 2.25. The van der Waals surface area contributed by atoms with Gasteiger partial charge in [0.15, 0.2) is 5.82 Å². The van der Waals surface area contributed by atoms with Crippen molar-refractivity contribution in [3.63, 3.8) is 0 Å². The summed E-state index contributed by atoms with van der Waals surface area (Å²) in [7, 11) is 0. The molecule has 1 atom stereocenters. The molecule has 0 radical (unpaired) electrons. The van der Waals surface area contributed by atoms with Gasteiger partial charge in [-0.1, -0.05) is 54.6 Å². The van der Waals surface area contributed by atoms with Gasteiger partial charge in [-0.05, 0) is 30.4 Å². The molecule has 1 amide bonds. The smallest absolute Gasteiger partial charge is 0.256 e. The highest BCUT2D eigenvalue weighted by Crippen LogP contribution is 2.28. The minimum Gasteiger partial charge on any atom is -0.376 e. The maximum atomic E-state index is 13.1. The molecular formula is C25H26N4O2. The van der Waals surface area contributed by atoms with Crippen LogP contribution in [0.5, 0.6) is 0 Å². The molecule has 0 bridgehead atoms. The number of nitrogens with zero attached hydrogens (tertiary/aromatic N) is 3. The third-order valence-corrected chi connectivity index (χ3v) is 5.99. The predicted octanol–water partition coefficient (Wildman–Crippen LogP) is 3.62. The number of aromatic nitrogens is 2. The molecule has 1 unspecified atom stereocenters. The Morgan fingerprint density at radius 2 is 1.90 bits per heavy atom. The first-order valence-electron chi connectivity index (χ1n) is 10.9. The number of hydrogen-bond acceptors (Lipinski definition) is 5. The molecule has 2 aromatic carbocycles. The van der Waals surface area contributed by atoms with Gasteiger partial charge >= 0.3 is 0 Å². The molecule has 5 rings (SSSR count). The molecule has 6 heteroatoms. The number of nitrogens with one attached hydrogen (secondary N) is 1. The molecular weight excluding hydrogens is 388 g/mol. The fourth-order valence-corrected chi connectivity index (χ4v) is 4.28. The number of carbonyl (C=O) groups excluding carboxylic acids is 1. The average Bonchev–Trinajstić information content (AvgIpc) is 3.36. The van der Waals surface area contributed by atoms with Crippen LogP contribution in [0.25, 0.3) is 11.4 Å². The number of ether oxygens (including phenoxy) is 1. The Balaban J connectivity index is 1.46. The van der Waals surface area contributed by atoms with Crippen molar-refractivity contribution in [2.24, 2.45) is 0 Å². The van der Waals surface area contributed by atoms with E-state index < -0.39 is 0 Å². The van der Waals surface area contributed by atoms with Crippen LogP contribution in [0.2, 0.25) is 0 Å². The Kier molecular flexibility index (Phi) is 5.63. The maximum absolute atomic E-state index is 13.1. The molecule has 0 spiro atoms. The molecule has 0 aliphatic carbocycles. The maximum Gasteiger partial charge on any atom is 0.256 e. The molecule has 2 aliphatic rings. The van der Waals surface area contributed by atoms with Gasteiger partial charge in [-0.2, -0.15) is 0 Å². The van der Waals surface area contributed by atoms with Crippen molar-refractivity contribution in [1.82, 2.24) is 15.3 Å². The van der Waals surface area contributed by atoms with Crippen molar-refractivity contribution in [3.05, 3.63) is 77.5 Å². The summed E-state index contributed by atoms with van der Waals surface area (Å²) in [5.41, 5.74) is 4.09. The first kappa shape index (κ1) is 19.7. The number of hydrogen-bond donors (Lipinski definition) is 1. The quantitative estimate of drug-likeness (QED) is 0.691. The van der Waals surface area contributed by atoms with Crippen LogP contribution >= 0.6 is 0 Å². The number of carbonyl (C=O) groups is 1. The first-order chi connectivity index (χ1) is 15.3. The Labute approximate surface area is 182 Å². The minimum absolute atomic E-state index is 0.0961. The summed E-state index contributed by atoms with van der Waals surface area (Å²) in [6, 6.07) is 18.4. The summed E-state index contributed by atoms with van der Waals surface area (Å²) in [5.74, 6) is 1.17. The normalized spacial score (nSPS) is 17.9. The third kappa shape index (κ3) is 4.30. The summed E-state index contributed by atoms with van der Waals surface area (Å²) >= 11 is 0. The SMILES string of the molecule is O=C(NCC1CCCO1)c1cnc(-c2ccccc2)nc1N1CCc2ccccc2C1. The summed E-state index contributed by atoms with van der Waals surface area (Å²) in [5, 5.41) is 3.03. The van der Waals surface area contributed by atoms with Crippen LogP contribution in [-0.2, 0) is 17.7 Å². The lowest BCUT2D eigenvalue weighted by molar-refractivity contribution is 0.0857. The largest absolute Gasteiger partial charge is 0.376 e. The Morgan fingerprint density at radius 3 is 2.71 bits per heavy atom. The molecule has 0 saturated carbocycles. The highest BCUT2D eigenvalue weighted by atomic mass is 16.5. The van der Waals surface area contributed by atoms with Crippen molar-refractivity contribution < 1.29 is 9.53 Å². The second-order valence-electron chi connectivity index (χ2n) is 8.08. The monoisotopic (exact) mass is 414 g/mol. The zero-order valence-corrected chi connectivity index (χ0v) is 17.5. The van der Waals surface area contributed by atoms with Crippen molar-refractivity contribution in [1.29, 1.82) is 0 Å². The van der Waals surface area contributed by atoms with E-state index >= 15 is 0 Å². The third-order valence-electron chi connectivity index (χ3n) is 5.99. The Hall–Kier alpha value is -3.25. The molecule has 158 valence electrons. The molecule has 1 N–H and O–H groups in total. The van der Waals surface area contributed by atoms with E-state index in [4.69, 9.17) is 9.72 Å². The van der Waals surface area contributed by atoms with Crippen LogP contribution in [-0.4, -0.2) is 41.7 Å². The number of anilines is 1. The van der Waals surface area contributed by atoms with Crippen LogP contribution < -0.4 is 10.2 Å². The first-order valence-corrected chi connectivity index (χ1v) is 10.9. The van der Waals surface area contributed by atoms with E-state index in [0.29, 0.717) is 23.8 Å². The zero-order valence-electron chi connectivity index (χ0n) is 17.5. The molecule has 31 heavy (non-hydrogen) atoms. The molecule has 2 aliphatic heterocycles. The van der Waals surface area contributed by atoms with Gasteiger partial charge in [0.25, 0.3) is 5.91 Å². The molecule has 3 heterocycles. The Bertz CT molecular complexity index is 1060. The lowest BCUT2D eigenvalue weighted by Crippen LogP contribution is -2.36. The van der Waals surface area contributed by atoms with E-state index in [-0.39, 0.29) is 12.0 Å². The van der Waals surface area contributed by atoms with Crippen LogP contribution in [0.4, 0.5) is 5.82 Å². The van der Waals surface area contributed by atoms with Crippen LogP contribution in [0, 0.1) is 0 Å². The molecule has 1 aromatic heterocycles. The van der Waals surface area contributed by atoms with E-state index in [1.165, 1.54) is 11.1 Å². The lowest BCUT2D eigenvalue weighted by atomic mass is 9.99. The number of fused-ring (bicyclic) bond motifs is 1. The van der Waals surface area contributed by atoms with E-state index in [9.17, 15) is 4.79 Å². The predicted molar refractivity (Wildman–Crippen MR) is 120 cm³/mol. The number of rotatable bonds is 5. The summed E-state index contributed by atoms with van der Waals surface area (Å²) in [6.07, 6.45) is 4.72. The highest BCUT2D eigenvalue weighted by molar-refractivity contribution is 5.99. The lowest BCUT2D eigenvalue weighted by Gasteiger charge is -2.31. The van der Waals surface area contributed by atoms with Crippen molar-refractivity contribution in [3.8, 4) is 11.4 Å². The van der Waals surface area contributed by atoms with Gasteiger partial charge in [0, 0.05) is 38.0 Å². The number of amides is 1. The second kappa shape index (κ2) is 8.86. The summed E-state index contributed by atoms with van der Waals surface area (Å²) in [6.45, 7) is 2.83. The van der Waals surface area contributed by atoms with Gasteiger partial charge in [-0.15, -0.1) is 0 Å². The van der Waals surface area contributed by atoms with Crippen LogP contribution in [0.3, 0.4) is 0 Å². The van der Waals surface area contributed by atoms with Crippen LogP contribution in [0.15, 0.2) is 60.8 Å².